The Balaban J connectivity index is 1.66. The number of pyridine rings is 1. The quantitative estimate of drug-likeness (QED) is 0.577. The molecule has 0 aliphatic heterocycles. The maximum atomic E-state index is 12.5. The first kappa shape index (κ1) is 16.3. The van der Waals surface area contributed by atoms with E-state index in [4.69, 9.17) is 0 Å². The highest BCUT2D eigenvalue weighted by atomic mass is 32.2. The van der Waals surface area contributed by atoms with Gasteiger partial charge in [-0.25, -0.2) is 13.4 Å². The number of anilines is 1. The van der Waals surface area contributed by atoms with E-state index >= 15 is 0 Å². The second-order valence-corrected chi connectivity index (χ2v) is 7.66. The van der Waals surface area contributed by atoms with Crippen LogP contribution < -0.4 is 4.72 Å². The second kappa shape index (κ2) is 6.27. The van der Waals surface area contributed by atoms with Crippen LogP contribution in [0.2, 0.25) is 0 Å². The smallest absolute Gasteiger partial charge is 0.261 e. The fraction of sp³-hybridized carbons (Fsp3) is 0.0526. The molecule has 0 atom stereocenters. The number of H-pyrrole nitrogens is 1. The highest BCUT2D eigenvalue weighted by molar-refractivity contribution is 7.92. The molecule has 0 fully saturated rings. The van der Waals surface area contributed by atoms with Crippen LogP contribution in [0.5, 0.6) is 0 Å². The molecule has 2 heterocycles. The van der Waals surface area contributed by atoms with Crippen molar-refractivity contribution in [1.82, 2.24) is 15.0 Å². The third-order valence-electron chi connectivity index (χ3n) is 4.00. The minimum absolute atomic E-state index is 0.226. The summed E-state index contributed by atoms with van der Waals surface area (Å²) in [4.78, 5) is 12.0. The van der Waals surface area contributed by atoms with E-state index in [0.717, 1.165) is 22.2 Å². The molecule has 0 saturated carbocycles. The first-order valence-electron chi connectivity index (χ1n) is 8.01. The van der Waals surface area contributed by atoms with Gasteiger partial charge in [-0.1, -0.05) is 17.7 Å². The van der Waals surface area contributed by atoms with E-state index < -0.39 is 10.0 Å². The molecule has 4 aromatic rings. The van der Waals surface area contributed by atoms with Crippen LogP contribution in [-0.4, -0.2) is 23.4 Å². The number of nitrogens with one attached hydrogen (secondary N) is 2. The van der Waals surface area contributed by atoms with Gasteiger partial charge >= 0.3 is 0 Å². The largest absolute Gasteiger partial charge is 0.338 e. The number of aromatic amines is 1. The molecule has 4 rings (SSSR count). The molecule has 0 radical (unpaired) electrons. The van der Waals surface area contributed by atoms with Crippen molar-refractivity contribution in [2.75, 3.05) is 4.72 Å². The van der Waals surface area contributed by atoms with Gasteiger partial charge in [0.2, 0.25) is 0 Å². The molecule has 7 heteroatoms. The van der Waals surface area contributed by atoms with Crippen LogP contribution in [0.3, 0.4) is 0 Å². The van der Waals surface area contributed by atoms with Gasteiger partial charge in [0, 0.05) is 18.0 Å². The van der Waals surface area contributed by atoms with E-state index in [1.54, 1.807) is 54.9 Å². The maximum Gasteiger partial charge on any atom is 0.261 e. The molecule has 2 aromatic carbocycles. The first-order chi connectivity index (χ1) is 12.5. The van der Waals surface area contributed by atoms with Gasteiger partial charge in [-0.15, -0.1) is 0 Å². The Bertz CT molecular complexity index is 1170. The van der Waals surface area contributed by atoms with Crippen LogP contribution in [0.1, 0.15) is 5.56 Å². The highest BCUT2D eigenvalue weighted by Gasteiger charge is 2.14. The van der Waals surface area contributed by atoms with Crippen LogP contribution in [-0.2, 0) is 10.0 Å². The Labute approximate surface area is 151 Å². The number of hydrogen-bond acceptors (Lipinski definition) is 4. The molecular formula is C19H16N4O2S. The molecule has 0 amide bonds. The molecule has 0 unspecified atom stereocenters. The van der Waals surface area contributed by atoms with Crippen molar-refractivity contribution < 1.29 is 8.42 Å². The molecule has 130 valence electrons. The standard InChI is InChI=1S/C19H16N4O2S/c1-13-4-7-16(8-5-13)26(24,25)23-15-6-9-17-18(11-15)22-19(21-17)14-3-2-10-20-12-14/h2-12,23H,1H3,(H,21,22). The van der Waals surface area contributed by atoms with Gasteiger partial charge < -0.3 is 4.98 Å². The summed E-state index contributed by atoms with van der Waals surface area (Å²) in [7, 11) is -3.64. The molecule has 0 aliphatic rings. The monoisotopic (exact) mass is 364 g/mol. The number of nitrogens with zero attached hydrogens (tertiary/aromatic N) is 2. The van der Waals surface area contributed by atoms with Gasteiger partial charge in [-0.3, -0.25) is 9.71 Å². The van der Waals surface area contributed by atoms with Gasteiger partial charge in [0.15, 0.2) is 0 Å². The summed E-state index contributed by atoms with van der Waals surface area (Å²) in [5.74, 6) is 0.687. The summed E-state index contributed by atoms with van der Waals surface area (Å²) in [6.07, 6.45) is 3.42. The lowest BCUT2D eigenvalue weighted by Crippen LogP contribution is -2.12. The molecule has 0 aliphatic carbocycles. The lowest BCUT2D eigenvalue weighted by Gasteiger charge is -2.08. The third kappa shape index (κ3) is 3.16. The summed E-state index contributed by atoms with van der Waals surface area (Å²) in [5.41, 5.74) is 3.84. The predicted molar refractivity (Wildman–Crippen MR) is 101 cm³/mol. The van der Waals surface area contributed by atoms with Crippen molar-refractivity contribution in [3.8, 4) is 11.4 Å². The average Bonchev–Trinajstić information content (AvgIpc) is 3.06. The van der Waals surface area contributed by atoms with Crippen LogP contribution in [0.15, 0.2) is 71.9 Å². The second-order valence-electron chi connectivity index (χ2n) is 5.98. The summed E-state index contributed by atoms with van der Waals surface area (Å²) < 4.78 is 27.7. The van der Waals surface area contributed by atoms with E-state index in [9.17, 15) is 8.42 Å². The van der Waals surface area contributed by atoms with Crippen molar-refractivity contribution in [2.45, 2.75) is 11.8 Å². The van der Waals surface area contributed by atoms with E-state index in [-0.39, 0.29) is 4.90 Å². The van der Waals surface area contributed by atoms with Gasteiger partial charge in [-0.2, -0.15) is 0 Å². The zero-order chi connectivity index (χ0) is 18.1. The Hall–Kier alpha value is -3.19. The highest BCUT2D eigenvalue weighted by Crippen LogP contribution is 2.24. The molecule has 2 aromatic heterocycles. The van der Waals surface area contributed by atoms with E-state index in [1.165, 1.54) is 0 Å². The van der Waals surface area contributed by atoms with Gasteiger partial charge in [-0.05, 0) is 49.4 Å². The molecular weight excluding hydrogens is 348 g/mol. The SMILES string of the molecule is Cc1ccc(S(=O)(=O)Nc2ccc3nc(-c4cccnc4)[nH]c3c2)cc1. The number of hydrogen-bond donors (Lipinski definition) is 2. The predicted octanol–water partition coefficient (Wildman–Crippen LogP) is 3.73. The lowest BCUT2D eigenvalue weighted by atomic mass is 10.2. The molecule has 26 heavy (non-hydrogen) atoms. The number of sulfonamides is 1. The third-order valence-corrected chi connectivity index (χ3v) is 5.40. The van der Waals surface area contributed by atoms with Gasteiger partial charge in [0.05, 0.1) is 21.6 Å². The van der Waals surface area contributed by atoms with Gasteiger partial charge in [0.1, 0.15) is 5.82 Å². The van der Waals surface area contributed by atoms with Crippen LogP contribution in [0.4, 0.5) is 5.69 Å². The summed E-state index contributed by atoms with van der Waals surface area (Å²) >= 11 is 0. The fourth-order valence-electron chi connectivity index (χ4n) is 2.64. The molecule has 2 N–H and O–H groups in total. The Morgan fingerprint density at radius 3 is 2.58 bits per heavy atom. The van der Waals surface area contributed by atoms with Crippen LogP contribution in [0, 0.1) is 6.92 Å². The van der Waals surface area contributed by atoms with Crippen molar-refractivity contribution in [2.24, 2.45) is 0 Å². The van der Waals surface area contributed by atoms with Crippen LogP contribution >= 0.6 is 0 Å². The van der Waals surface area contributed by atoms with E-state index in [2.05, 4.69) is 19.7 Å². The summed E-state index contributed by atoms with van der Waals surface area (Å²) in [6, 6.07) is 15.7. The number of aryl methyl sites for hydroxylation is 1. The minimum atomic E-state index is -3.64. The fourth-order valence-corrected chi connectivity index (χ4v) is 3.69. The number of benzene rings is 2. The number of rotatable bonds is 4. The Kier molecular flexibility index (Phi) is 3.93. The Morgan fingerprint density at radius 1 is 1.04 bits per heavy atom. The summed E-state index contributed by atoms with van der Waals surface area (Å²) in [5, 5.41) is 0. The van der Waals surface area contributed by atoms with Crippen molar-refractivity contribution in [1.29, 1.82) is 0 Å². The summed E-state index contributed by atoms with van der Waals surface area (Å²) in [6.45, 7) is 1.91. The zero-order valence-electron chi connectivity index (χ0n) is 14.0. The molecule has 0 saturated heterocycles. The molecule has 0 bridgehead atoms. The molecule has 6 nitrogen and oxygen atoms in total. The number of fused-ring (bicyclic) bond motifs is 1. The van der Waals surface area contributed by atoms with Crippen molar-refractivity contribution in [3.63, 3.8) is 0 Å². The number of imidazole rings is 1. The molecule has 0 spiro atoms. The van der Waals surface area contributed by atoms with E-state index in [0.29, 0.717) is 11.5 Å². The normalized spacial score (nSPS) is 11.6. The van der Waals surface area contributed by atoms with Gasteiger partial charge in [0.25, 0.3) is 10.0 Å². The topological polar surface area (TPSA) is 87.7 Å². The maximum absolute atomic E-state index is 12.5. The van der Waals surface area contributed by atoms with E-state index in [1.807, 2.05) is 19.1 Å². The average molecular weight is 364 g/mol. The first-order valence-corrected chi connectivity index (χ1v) is 9.49. The number of aromatic nitrogens is 3. The van der Waals surface area contributed by atoms with Crippen LogP contribution in [0.25, 0.3) is 22.4 Å². The minimum Gasteiger partial charge on any atom is -0.338 e. The lowest BCUT2D eigenvalue weighted by molar-refractivity contribution is 0.601. The Morgan fingerprint density at radius 2 is 1.85 bits per heavy atom. The van der Waals surface area contributed by atoms with Crippen molar-refractivity contribution in [3.05, 3.63) is 72.6 Å². The van der Waals surface area contributed by atoms with Crippen molar-refractivity contribution >= 4 is 26.7 Å². The zero-order valence-corrected chi connectivity index (χ0v) is 14.8.